The highest BCUT2D eigenvalue weighted by Crippen LogP contribution is 2.25. The molecule has 1 aliphatic heterocycles. The number of pyridine rings is 1. The van der Waals surface area contributed by atoms with Gasteiger partial charge < -0.3 is 5.32 Å². The lowest BCUT2D eigenvalue weighted by molar-refractivity contribution is -0.116. The maximum atomic E-state index is 12.6. The third-order valence-corrected chi connectivity index (χ3v) is 7.42. The largest absolute Gasteiger partial charge is 0.309 e. The number of H-pyrrole nitrogens is 1. The number of aryl methyl sites for hydroxylation is 1. The molecule has 0 saturated carbocycles. The van der Waals surface area contributed by atoms with Crippen LogP contribution in [0.25, 0.3) is 11.3 Å². The van der Waals surface area contributed by atoms with Crippen molar-refractivity contribution in [3.8, 4) is 11.3 Å². The standard InChI is InChI=1S/C22H25N5O3S/c1-16-21(18-10-12-23-13-11-18)25-26-22(16)24-20(28)9-6-17-4-7-19(8-5-17)31(29,30)27-14-2-3-15-27/h4-5,7-8,10-13H,2-3,6,9,14-15H2,1H3,(H2,24,25,26,28). The van der Waals surface area contributed by atoms with Crippen LogP contribution < -0.4 is 5.32 Å². The number of sulfonamides is 1. The van der Waals surface area contributed by atoms with Crippen molar-refractivity contribution in [2.24, 2.45) is 0 Å². The Hall–Kier alpha value is -3.04. The number of nitrogens with one attached hydrogen (secondary N) is 2. The van der Waals surface area contributed by atoms with Crippen LogP contribution in [0.3, 0.4) is 0 Å². The second-order valence-electron chi connectivity index (χ2n) is 7.61. The SMILES string of the molecule is Cc1c(NC(=O)CCc2ccc(S(=O)(=O)N3CCCC3)cc2)n[nH]c1-c1ccncc1. The van der Waals surface area contributed by atoms with Gasteiger partial charge in [-0.05, 0) is 56.0 Å². The summed E-state index contributed by atoms with van der Waals surface area (Å²) in [7, 11) is -3.41. The summed E-state index contributed by atoms with van der Waals surface area (Å²) < 4.78 is 26.7. The fourth-order valence-electron chi connectivity index (χ4n) is 3.68. The summed E-state index contributed by atoms with van der Waals surface area (Å²) in [5, 5.41) is 10.0. The normalized spacial score (nSPS) is 14.6. The van der Waals surface area contributed by atoms with Crippen LogP contribution in [0.1, 0.15) is 30.4 Å². The Labute approximate surface area is 181 Å². The lowest BCUT2D eigenvalue weighted by Gasteiger charge is -2.15. The molecule has 9 heteroatoms. The van der Waals surface area contributed by atoms with Gasteiger partial charge in [0.05, 0.1) is 10.6 Å². The zero-order valence-corrected chi connectivity index (χ0v) is 18.2. The fourth-order valence-corrected chi connectivity index (χ4v) is 5.19. The van der Waals surface area contributed by atoms with Crippen molar-refractivity contribution < 1.29 is 13.2 Å². The van der Waals surface area contributed by atoms with Gasteiger partial charge in [0.25, 0.3) is 0 Å². The molecule has 3 aromatic rings. The first kappa shape index (κ1) is 21.2. The van der Waals surface area contributed by atoms with Gasteiger partial charge in [-0.3, -0.25) is 14.9 Å². The smallest absolute Gasteiger partial charge is 0.243 e. The summed E-state index contributed by atoms with van der Waals surface area (Å²) in [4.78, 5) is 16.7. The number of nitrogens with zero attached hydrogens (tertiary/aromatic N) is 3. The molecule has 3 heterocycles. The summed E-state index contributed by atoms with van der Waals surface area (Å²) in [6.07, 6.45) is 6.01. The highest BCUT2D eigenvalue weighted by atomic mass is 32.2. The third kappa shape index (κ3) is 4.67. The molecule has 1 aromatic carbocycles. The van der Waals surface area contributed by atoms with E-state index in [4.69, 9.17) is 0 Å². The summed E-state index contributed by atoms with van der Waals surface area (Å²) >= 11 is 0. The van der Waals surface area contributed by atoms with Gasteiger partial charge in [0, 0.05) is 43.0 Å². The van der Waals surface area contributed by atoms with Gasteiger partial charge in [-0.1, -0.05) is 12.1 Å². The molecule has 0 atom stereocenters. The molecule has 1 fully saturated rings. The number of benzene rings is 1. The van der Waals surface area contributed by atoms with Crippen LogP contribution in [-0.4, -0.2) is 46.9 Å². The highest BCUT2D eigenvalue weighted by molar-refractivity contribution is 7.89. The van der Waals surface area contributed by atoms with E-state index in [2.05, 4.69) is 20.5 Å². The monoisotopic (exact) mass is 439 g/mol. The molecule has 8 nitrogen and oxygen atoms in total. The van der Waals surface area contributed by atoms with Gasteiger partial charge in [0.2, 0.25) is 15.9 Å². The van der Waals surface area contributed by atoms with Gasteiger partial charge in [0.1, 0.15) is 0 Å². The lowest BCUT2D eigenvalue weighted by Crippen LogP contribution is -2.27. The molecule has 2 aromatic heterocycles. The molecule has 162 valence electrons. The minimum Gasteiger partial charge on any atom is -0.309 e. The first-order chi connectivity index (χ1) is 14.9. The van der Waals surface area contributed by atoms with Crippen molar-refractivity contribution in [1.82, 2.24) is 19.5 Å². The van der Waals surface area contributed by atoms with E-state index in [0.29, 0.717) is 30.2 Å². The molecular weight excluding hydrogens is 414 g/mol. The van der Waals surface area contributed by atoms with Crippen molar-refractivity contribution in [1.29, 1.82) is 0 Å². The first-order valence-electron chi connectivity index (χ1n) is 10.3. The Bertz CT molecular complexity index is 1150. The second-order valence-corrected chi connectivity index (χ2v) is 9.55. The zero-order chi connectivity index (χ0) is 21.8. The number of amides is 1. The Morgan fingerprint density at radius 1 is 1.10 bits per heavy atom. The van der Waals surface area contributed by atoms with Gasteiger partial charge >= 0.3 is 0 Å². The molecule has 0 radical (unpaired) electrons. The number of carbonyl (C=O) groups excluding carboxylic acids is 1. The van der Waals surface area contributed by atoms with Crippen molar-refractivity contribution in [2.75, 3.05) is 18.4 Å². The maximum Gasteiger partial charge on any atom is 0.243 e. The summed E-state index contributed by atoms with van der Waals surface area (Å²) in [6.45, 7) is 3.06. The molecule has 2 N–H and O–H groups in total. The average Bonchev–Trinajstić information content (AvgIpc) is 3.45. The van der Waals surface area contributed by atoms with Crippen LogP contribution in [0.5, 0.6) is 0 Å². The van der Waals surface area contributed by atoms with Crippen LogP contribution in [0, 0.1) is 6.92 Å². The summed E-state index contributed by atoms with van der Waals surface area (Å²) in [5.41, 5.74) is 3.56. The number of aromatic amines is 1. The van der Waals surface area contributed by atoms with E-state index in [1.165, 1.54) is 4.31 Å². The molecule has 0 spiro atoms. The molecule has 1 amide bonds. The van der Waals surface area contributed by atoms with Crippen molar-refractivity contribution in [3.05, 3.63) is 59.9 Å². The van der Waals surface area contributed by atoms with E-state index < -0.39 is 10.0 Å². The van der Waals surface area contributed by atoms with E-state index in [-0.39, 0.29) is 12.3 Å². The molecule has 1 aliphatic rings. The van der Waals surface area contributed by atoms with Crippen molar-refractivity contribution in [2.45, 2.75) is 37.5 Å². The van der Waals surface area contributed by atoms with Crippen LogP contribution in [0.4, 0.5) is 5.82 Å². The van der Waals surface area contributed by atoms with E-state index in [0.717, 1.165) is 35.2 Å². The molecule has 0 bridgehead atoms. The Morgan fingerprint density at radius 2 is 1.77 bits per heavy atom. The van der Waals surface area contributed by atoms with Gasteiger partial charge in [-0.25, -0.2) is 8.42 Å². The minimum absolute atomic E-state index is 0.148. The second kappa shape index (κ2) is 8.99. The third-order valence-electron chi connectivity index (χ3n) is 5.50. The average molecular weight is 440 g/mol. The number of rotatable bonds is 7. The van der Waals surface area contributed by atoms with Crippen molar-refractivity contribution >= 4 is 21.7 Å². The van der Waals surface area contributed by atoms with Crippen molar-refractivity contribution in [3.63, 3.8) is 0 Å². The molecule has 1 saturated heterocycles. The van der Waals surface area contributed by atoms with Gasteiger partial charge in [0.15, 0.2) is 5.82 Å². The van der Waals surface area contributed by atoms with Crippen LogP contribution >= 0.6 is 0 Å². The van der Waals surface area contributed by atoms with Crippen LogP contribution in [0.2, 0.25) is 0 Å². The summed E-state index contributed by atoms with van der Waals surface area (Å²) in [5.74, 6) is 0.355. The van der Waals surface area contributed by atoms with Gasteiger partial charge in [-0.15, -0.1) is 0 Å². The topological polar surface area (TPSA) is 108 Å². The molecular formula is C22H25N5O3S. The summed E-state index contributed by atoms with van der Waals surface area (Å²) in [6, 6.07) is 10.5. The fraction of sp³-hybridized carbons (Fsp3) is 0.318. The Kier molecular flexibility index (Phi) is 6.15. The number of anilines is 1. The van der Waals surface area contributed by atoms with E-state index in [1.54, 1.807) is 36.7 Å². The predicted molar refractivity (Wildman–Crippen MR) is 118 cm³/mol. The van der Waals surface area contributed by atoms with E-state index >= 15 is 0 Å². The van der Waals surface area contributed by atoms with E-state index in [1.807, 2.05) is 19.1 Å². The number of hydrogen-bond donors (Lipinski definition) is 2. The number of hydrogen-bond acceptors (Lipinski definition) is 5. The lowest BCUT2D eigenvalue weighted by atomic mass is 10.1. The molecule has 31 heavy (non-hydrogen) atoms. The molecule has 0 unspecified atom stereocenters. The Morgan fingerprint density at radius 3 is 2.45 bits per heavy atom. The molecule has 0 aliphatic carbocycles. The molecule has 4 rings (SSSR count). The maximum absolute atomic E-state index is 12.6. The van der Waals surface area contributed by atoms with E-state index in [9.17, 15) is 13.2 Å². The zero-order valence-electron chi connectivity index (χ0n) is 17.3. The first-order valence-corrected chi connectivity index (χ1v) is 11.7. The quantitative estimate of drug-likeness (QED) is 0.588. The van der Waals surface area contributed by atoms with Crippen LogP contribution in [-0.2, 0) is 21.2 Å². The minimum atomic E-state index is -3.41. The Balaban J connectivity index is 1.35. The van der Waals surface area contributed by atoms with Crippen LogP contribution in [0.15, 0.2) is 53.7 Å². The highest BCUT2D eigenvalue weighted by Gasteiger charge is 2.26. The predicted octanol–water partition coefficient (Wildman–Crippen LogP) is 3.14. The number of aromatic nitrogens is 3. The van der Waals surface area contributed by atoms with Gasteiger partial charge in [-0.2, -0.15) is 9.40 Å². The number of carbonyl (C=O) groups is 1.